The predicted octanol–water partition coefficient (Wildman–Crippen LogP) is 3.25. The third-order valence-corrected chi connectivity index (χ3v) is 3.81. The number of hydrogen-bond acceptors (Lipinski definition) is 4. The zero-order chi connectivity index (χ0) is 13.5. The molecule has 0 aliphatic rings. The van der Waals surface area contributed by atoms with Crippen LogP contribution < -0.4 is 4.90 Å². The average Bonchev–Trinajstić information content (AvgIpc) is 2.43. The highest BCUT2D eigenvalue weighted by Crippen LogP contribution is 2.17. The maximum atomic E-state index is 11.5. The Morgan fingerprint density at radius 2 is 2.22 bits per heavy atom. The first kappa shape index (κ1) is 15.0. The zero-order valence-corrected chi connectivity index (χ0v) is 12.5. The molecule has 0 aliphatic carbocycles. The first-order valence-electron chi connectivity index (χ1n) is 6.31. The van der Waals surface area contributed by atoms with Crippen molar-refractivity contribution in [3.05, 3.63) is 24.0 Å². The first-order chi connectivity index (χ1) is 8.60. The molecular weight excluding hydrogens is 244 g/mol. The van der Waals surface area contributed by atoms with Gasteiger partial charge in [-0.25, -0.2) is 0 Å². The summed E-state index contributed by atoms with van der Waals surface area (Å²) in [5.41, 5.74) is 1.63. The average molecular weight is 266 g/mol. The van der Waals surface area contributed by atoms with Gasteiger partial charge in [0.2, 0.25) is 0 Å². The second-order valence-corrected chi connectivity index (χ2v) is 5.41. The summed E-state index contributed by atoms with van der Waals surface area (Å²) >= 11 is 1.86. The van der Waals surface area contributed by atoms with Gasteiger partial charge in [0.05, 0.1) is 11.9 Å². The predicted molar refractivity (Wildman–Crippen MR) is 79.7 cm³/mol. The van der Waals surface area contributed by atoms with E-state index < -0.39 is 0 Å². The third kappa shape index (κ3) is 4.02. The quantitative estimate of drug-likeness (QED) is 0.709. The molecule has 0 N–H and O–H groups in total. The lowest BCUT2D eigenvalue weighted by molar-refractivity contribution is 0.0983. The Morgan fingerprint density at radius 3 is 2.72 bits per heavy atom. The molecule has 0 amide bonds. The topological polar surface area (TPSA) is 33.2 Å². The van der Waals surface area contributed by atoms with Crippen molar-refractivity contribution < 1.29 is 4.79 Å². The fourth-order valence-electron chi connectivity index (χ4n) is 1.68. The molecule has 3 nitrogen and oxygen atoms in total. The summed E-state index contributed by atoms with van der Waals surface area (Å²) in [7, 11) is 2.07. The Kier molecular flexibility index (Phi) is 6.19. The fraction of sp³-hybridized carbons (Fsp3) is 0.571. The van der Waals surface area contributed by atoms with Gasteiger partial charge in [0.15, 0.2) is 5.78 Å². The van der Waals surface area contributed by atoms with E-state index in [-0.39, 0.29) is 5.78 Å². The molecule has 0 aliphatic heterocycles. The van der Waals surface area contributed by atoms with Gasteiger partial charge < -0.3 is 4.90 Å². The Labute approximate surface area is 114 Å². The molecule has 0 aromatic carbocycles. The van der Waals surface area contributed by atoms with E-state index >= 15 is 0 Å². The third-order valence-electron chi connectivity index (χ3n) is 3.16. The number of aromatic nitrogens is 1. The van der Waals surface area contributed by atoms with Crippen molar-refractivity contribution in [3.63, 3.8) is 0 Å². The number of ketones is 1. The molecule has 1 heterocycles. The number of hydrogen-bond donors (Lipinski definition) is 0. The van der Waals surface area contributed by atoms with Crippen molar-refractivity contribution in [2.75, 3.05) is 24.0 Å². The summed E-state index contributed by atoms with van der Waals surface area (Å²) in [4.78, 5) is 17.9. The van der Waals surface area contributed by atoms with Crippen LogP contribution >= 0.6 is 11.8 Å². The lowest BCUT2D eigenvalue weighted by Gasteiger charge is -2.26. The molecule has 0 saturated carbocycles. The molecule has 4 heteroatoms. The largest absolute Gasteiger partial charge is 0.371 e. The van der Waals surface area contributed by atoms with Gasteiger partial charge in [0, 0.05) is 19.5 Å². The van der Waals surface area contributed by atoms with Crippen LogP contribution in [0.25, 0.3) is 0 Å². The highest BCUT2D eigenvalue weighted by Gasteiger charge is 2.11. The van der Waals surface area contributed by atoms with Gasteiger partial charge >= 0.3 is 0 Å². The van der Waals surface area contributed by atoms with E-state index in [0.29, 0.717) is 18.2 Å². The van der Waals surface area contributed by atoms with Crippen molar-refractivity contribution in [1.82, 2.24) is 4.98 Å². The molecule has 1 unspecified atom stereocenters. The van der Waals surface area contributed by atoms with Crippen molar-refractivity contribution >= 4 is 23.2 Å². The zero-order valence-electron chi connectivity index (χ0n) is 11.6. The van der Waals surface area contributed by atoms with Crippen molar-refractivity contribution in [2.24, 2.45) is 0 Å². The molecule has 0 bridgehead atoms. The van der Waals surface area contributed by atoms with Crippen LogP contribution in [0.1, 0.15) is 37.2 Å². The van der Waals surface area contributed by atoms with Crippen molar-refractivity contribution in [2.45, 2.75) is 32.7 Å². The molecule has 0 spiro atoms. The first-order valence-corrected chi connectivity index (χ1v) is 7.70. The maximum absolute atomic E-state index is 11.5. The van der Waals surface area contributed by atoms with E-state index in [2.05, 4.69) is 30.1 Å². The van der Waals surface area contributed by atoms with Gasteiger partial charge in [-0.2, -0.15) is 11.8 Å². The van der Waals surface area contributed by atoms with E-state index in [0.717, 1.165) is 17.9 Å². The molecule has 100 valence electrons. The number of Topliss-reactive ketones (excluding diaryl/α,β-unsaturated/α-hetero) is 1. The van der Waals surface area contributed by atoms with Crippen LogP contribution in [0, 0.1) is 0 Å². The van der Waals surface area contributed by atoms with Crippen LogP contribution in [0.3, 0.4) is 0 Å². The molecule has 0 fully saturated rings. The summed E-state index contributed by atoms with van der Waals surface area (Å²) in [6.07, 6.45) is 5.57. The lowest BCUT2D eigenvalue weighted by Crippen LogP contribution is -2.29. The Bertz CT molecular complexity index is 378. The van der Waals surface area contributed by atoms with Crippen LogP contribution in [0.4, 0.5) is 5.69 Å². The number of carbonyl (C=O) groups excluding carboxylic acids is 1. The van der Waals surface area contributed by atoms with E-state index in [4.69, 9.17) is 0 Å². The number of thioether (sulfide) groups is 1. The number of anilines is 1. The van der Waals surface area contributed by atoms with E-state index in [1.165, 1.54) is 0 Å². The molecule has 0 saturated heterocycles. The van der Waals surface area contributed by atoms with Crippen LogP contribution in [0.15, 0.2) is 18.3 Å². The molecule has 1 aromatic rings. The minimum Gasteiger partial charge on any atom is -0.371 e. The van der Waals surface area contributed by atoms with Crippen LogP contribution in [-0.4, -0.2) is 35.9 Å². The van der Waals surface area contributed by atoms with E-state index in [1.807, 2.05) is 30.8 Å². The van der Waals surface area contributed by atoms with Crippen LogP contribution in [0.5, 0.6) is 0 Å². The summed E-state index contributed by atoms with van der Waals surface area (Å²) in [6.45, 7) is 4.07. The smallest absolute Gasteiger partial charge is 0.180 e. The standard InChI is InChI=1S/C14H22N2OS/c1-5-14(17)13-7-6-12(10-15-13)16(3)11(2)8-9-18-4/h6-7,10-11H,5,8-9H2,1-4H3. The van der Waals surface area contributed by atoms with Gasteiger partial charge in [0.1, 0.15) is 5.69 Å². The fourth-order valence-corrected chi connectivity index (χ4v) is 2.25. The van der Waals surface area contributed by atoms with Crippen LogP contribution in [0.2, 0.25) is 0 Å². The maximum Gasteiger partial charge on any atom is 0.180 e. The molecular formula is C14H22N2OS. The second-order valence-electron chi connectivity index (χ2n) is 4.42. The minimum atomic E-state index is 0.0969. The SMILES string of the molecule is CCC(=O)c1ccc(N(C)C(C)CCSC)cn1. The molecule has 1 atom stereocenters. The van der Waals surface area contributed by atoms with E-state index in [9.17, 15) is 4.79 Å². The summed E-state index contributed by atoms with van der Waals surface area (Å²) in [5, 5.41) is 0. The number of rotatable bonds is 7. The highest BCUT2D eigenvalue weighted by molar-refractivity contribution is 7.98. The molecule has 1 aromatic heterocycles. The Hall–Kier alpha value is -1.03. The molecule has 18 heavy (non-hydrogen) atoms. The van der Waals surface area contributed by atoms with Crippen molar-refractivity contribution in [3.8, 4) is 0 Å². The second kappa shape index (κ2) is 7.41. The van der Waals surface area contributed by atoms with Crippen molar-refractivity contribution in [1.29, 1.82) is 0 Å². The molecule has 0 radical (unpaired) electrons. The Morgan fingerprint density at radius 1 is 1.50 bits per heavy atom. The number of carbonyl (C=O) groups is 1. The van der Waals surface area contributed by atoms with Gasteiger partial charge in [-0.3, -0.25) is 9.78 Å². The molecule has 1 rings (SSSR count). The summed E-state index contributed by atoms with van der Waals surface area (Å²) < 4.78 is 0. The van der Waals surface area contributed by atoms with Gasteiger partial charge in [0.25, 0.3) is 0 Å². The summed E-state index contributed by atoms with van der Waals surface area (Å²) in [5.74, 6) is 1.25. The normalized spacial score (nSPS) is 12.2. The highest BCUT2D eigenvalue weighted by atomic mass is 32.2. The number of nitrogens with zero attached hydrogens (tertiary/aromatic N) is 2. The Balaban J connectivity index is 2.69. The monoisotopic (exact) mass is 266 g/mol. The van der Waals surface area contributed by atoms with Crippen LogP contribution in [-0.2, 0) is 0 Å². The summed E-state index contributed by atoms with van der Waals surface area (Å²) in [6, 6.07) is 4.27. The van der Waals surface area contributed by atoms with E-state index in [1.54, 1.807) is 6.20 Å². The van der Waals surface area contributed by atoms with Gasteiger partial charge in [-0.15, -0.1) is 0 Å². The lowest BCUT2D eigenvalue weighted by atomic mass is 10.2. The number of pyridine rings is 1. The minimum absolute atomic E-state index is 0.0969. The van der Waals surface area contributed by atoms with Gasteiger partial charge in [-0.05, 0) is 37.5 Å². The van der Waals surface area contributed by atoms with Gasteiger partial charge in [-0.1, -0.05) is 6.92 Å².